The molecule has 0 aromatic heterocycles. The molecule has 1 N–H and O–H groups in total. The van der Waals surface area contributed by atoms with Crippen LogP contribution in [0.2, 0.25) is 10.0 Å². The summed E-state index contributed by atoms with van der Waals surface area (Å²) in [5.74, 6) is 0.214. The third kappa shape index (κ3) is 3.38. The van der Waals surface area contributed by atoms with E-state index in [9.17, 15) is 4.39 Å². The standard InChI is InChI=1S/C14H12Cl2FNO/c1-18-8-9-3-2-4-13(17)14(9)19-10-5-6-11(15)12(16)7-10/h2-7,18H,8H2,1H3. The zero-order valence-corrected chi connectivity index (χ0v) is 11.7. The van der Waals surface area contributed by atoms with Gasteiger partial charge in [-0.1, -0.05) is 35.3 Å². The zero-order valence-electron chi connectivity index (χ0n) is 10.2. The third-order valence-electron chi connectivity index (χ3n) is 2.53. The summed E-state index contributed by atoms with van der Waals surface area (Å²) >= 11 is 11.7. The van der Waals surface area contributed by atoms with E-state index in [1.54, 1.807) is 37.4 Å². The molecule has 5 heteroatoms. The molecular weight excluding hydrogens is 288 g/mol. The normalized spacial score (nSPS) is 10.5. The molecule has 0 atom stereocenters. The topological polar surface area (TPSA) is 21.3 Å². The number of para-hydroxylation sites is 1. The zero-order chi connectivity index (χ0) is 13.8. The Morgan fingerprint density at radius 2 is 1.95 bits per heavy atom. The molecule has 2 aromatic carbocycles. The first-order valence-corrected chi connectivity index (χ1v) is 6.42. The van der Waals surface area contributed by atoms with Gasteiger partial charge in [0.05, 0.1) is 10.0 Å². The Balaban J connectivity index is 2.34. The van der Waals surface area contributed by atoms with Crippen LogP contribution in [0.25, 0.3) is 0 Å². The molecule has 0 unspecified atom stereocenters. The Morgan fingerprint density at radius 1 is 1.16 bits per heavy atom. The maximum Gasteiger partial charge on any atom is 0.167 e. The highest BCUT2D eigenvalue weighted by Gasteiger charge is 2.11. The highest BCUT2D eigenvalue weighted by molar-refractivity contribution is 6.42. The highest BCUT2D eigenvalue weighted by atomic mass is 35.5. The number of benzene rings is 2. The van der Waals surface area contributed by atoms with Crippen molar-refractivity contribution < 1.29 is 9.13 Å². The van der Waals surface area contributed by atoms with Gasteiger partial charge in [0.15, 0.2) is 11.6 Å². The first kappa shape index (κ1) is 14.1. The fourth-order valence-corrected chi connectivity index (χ4v) is 1.94. The number of hydrogen-bond acceptors (Lipinski definition) is 2. The number of hydrogen-bond donors (Lipinski definition) is 1. The molecule has 0 amide bonds. The minimum Gasteiger partial charge on any atom is -0.454 e. The van der Waals surface area contributed by atoms with Crippen molar-refractivity contribution >= 4 is 23.2 Å². The smallest absolute Gasteiger partial charge is 0.167 e. The van der Waals surface area contributed by atoms with Gasteiger partial charge in [0.25, 0.3) is 0 Å². The lowest BCUT2D eigenvalue weighted by molar-refractivity contribution is 0.434. The second-order valence-corrected chi connectivity index (χ2v) is 4.75. The number of nitrogens with one attached hydrogen (secondary N) is 1. The fourth-order valence-electron chi connectivity index (χ4n) is 1.66. The summed E-state index contributed by atoms with van der Waals surface area (Å²) in [6.45, 7) is 0.508. The van der Waals surface area contributed by atoms with Crippen molar-refractivity contribution in [1.29, 1.82) is 0 Å². The summed E-state index contributed by atoms with van der Waals surface area (Å²) in [5, 5.41) is 3.76. The van der Waals surface area contributed by atoms with Gasteiger partial charge in [0.1, 0.15) is 5.75 Å². The van der Waals surface area contributed by atoms with Crippen LogP contribution in [0.1, 0.15) is 5.56 Å². The Kier molecular flexibility index (Phi) is 4.64. The van der Waals surface area contributed by atoms with E-state index in [2.05, 4.69) is 5.32 Å². The van der Waals surface area contributed by atoms with E-state index in [1.807, 2.05) is 0 Å². The van der Waals surface area contributed by atoms with Crippen molar-refractivity contribution in [2.24, 2.45) is 0 Å². The van der Waals surface area contributed by atoms with Crippen molar-refractivity contribution in [3.63, 3.8) is 0 Å². The first-order chi connectivity index (χ1) is 9.11. The summed E-state index contributed by atoms with van der Waals surface area (Å²) in [7, 11) is 1.79. The highest BCUT2D eigenvalue weighted by Crippen LogP contribution is 2.32. The van der Waals surface area contributed by atoms with Gasteiger partial charge in [-0.15, -0.1) is 0 Å². The SMILES string of the molecule is CNCc1cccc(F)c1Oc1ccc(Cl)c(Cl)c1. The summed E-state index contributed by atoms with van der Waals surface area (Å²) in [4.78, 5) is 0. The number of halogens is 3. The van der Waals surface area contributed by atoms with Crippen LogP contribution >= 0.6 is 23.2 Å². The van der Waals surface area contributed by atoms with E-state index >= 15 is 0 Å². The van der Waals surface area contributed by atoms with E-state index in [4.69, 9.17) is 27.9 Å². The second-order valence-electron chi connectivity index (χ2n) is 3.94. The van der Waals surface area contributed by atoms with E-state index in [1.165, 1.54) is 6.07 Å². The molecule has 2 aromatic rings. The fraction of sp³-hybridized carbons (Fsp3) is 0.143. The van der Waals surface area contributed by atoms with Gasteiger partial charge in [0.2, 0.25) is 0 Å². The van der Waals surface area contributed by atoms with Crippen LogP contribution in [0, 0.1) is 5.82 Å². The maximum absolute atomic E-state index is 13.8. The molecule has 0 saturated carbocycles. The van der Waals surface area contributed by atoms with Crippen LogP contribution in [-0.4, -0.2) is 7.05 Å². The molecule has 0 radical (unpaired) electrons. The van der Waals surface area contributed by atoms with Crippen LogP contribution in [-0.2, 0) is 6.54 Å². The van der Waals surface area contributed by atoms with Gasteiger partial charge in [-0.25, -0.2) is 4.39 Å². The van der Waals surface area contributed by atoms with E-state index in [0.717, 1.165) is 5.56 Å². The van der Waals surface area contributed by atoms with Crippen LogP contribution < -0.4 is 10.1 Å². The molecule has 0 aliphatic heterocycles. The summed E-state index contributed by atoms with van der Waals surface area (Å²) in [6, 6.07) is 9.60. The second kappa shape index (κ2) is 6.24. The number of ether oxygens (including phenoxy) is 1. The van der Waals surface area contributed by atoms with Crippen molar-refractivity contribution in [2.75, 3.05) is 7.05 Å². The molecule has 0 bridgehead atoms. The van der Waals surface area contributed by atoms with Gasteiger partial charge in [-0.05, 0) is 25.2 Å². The van der Waals surface area contributed by atoms with Crippen molar-refractivity contribution in [3.05, 3.63) is 57.8 Å². The summed E-state index contributed by atoms with van der Waals surface area (Å²) in [6.07, 6.45) is 0. The van der Waals surface area contributed by atoms with Crippen molar-refractivity contribution in [2.45, 2.75) is 6.54 Å². The van der Waals surface area contributed by atoms with Gasteiger partial charge >= 0.3 is 0 Å². The predicted molar refractivity (Wildman–Crippen MR) is 75.7 cm³/mol. The lowest BCUT2D eigenvalue weighted by Crippen LogP contribution is -2.07. The predicted octanol–water partition coefficient (Wildman–Crippen LogP) is 4.64. The van der Waals surface area contributed by atoms with Gasteiger partial charge in [-0.2, -0.15) is 0 Å². The van der Waals surface area contributed by atoms with Crippen molar-refractivity contribution in [1.82, 2.24) is 5.32 Å². The molecule has 0 aliphatic rings. The van der Waals surface area contributed by atoms with Gasteiger partial charge in [0, 0.05) is 18.2 Å². The summed E-state index contributed by atoms with van der Waals surface area (Å²) < 4.78 is 19.4. The first-order valence-electron chi connectivity index (χ1n) is 5.66. The van der Waals surface area contributed by atoms with E-state index in [-0.39, 0.29) is 5.75 Å². The van der Waals surface area contributed by atoms with Gasteiger partial charge < -0.3 is 10.1 Å². The Bertz CT molecular complexity index is 590. The molecule has 0 saturated heterocycles. The molecule has 0 heterocycles. The lowest BCUT2D eigenvalue weighted by atomic mass is 10.2. The molecule has 0 aliphatic carbocycles. The minimum atomic E-state index is -0.418. The molecular formula is C14H12Cl2FNO. The monoisotopic (exact) mass is 299 g/mol. The summed E-state index contributed by atoms with van der Waals surface area (Å²) in [5.41, 5.74) is 0.730. The Morgan fingerprint density at radius 3 is 2.63 bits per heavy atom. The molecule has 2 nitrogen and oxygen atoms in total. The lowest BCUT2D eigenvalue weighted by Gasteiger charge is -2.12. The maximum atomic E-state index is 13.8. The quantitative estimate of drug-likeness (QED) is 0.888. The number of rotatable bonds is 4. The van der Waals surface area contributed by atoms with E-state index in [0.29, 0.717) is 22.3 Å². The van der Waals surface area contributed by atoms with Crippen LogP contribution in [0.4, 0.5) is 4.39 Å². The van der Waals surface area contributed by atoms with Crippen LogP contribution in [0.15, 0.2) is 36.4 Å². The molecule has 2 rings (SSSR count). The third-order valence-corrected chi connectivity index (χ3v) is 3.27. The largest absolute Gasteiger partial charge is 0.454 e. The average molecular weight is 300 g/mol. The molecule has 0 fully saturated rings. The Hall–Kier alpha value is -1.29. The minimum absolute atomic E-state index is 0.190. The van der Waals surface area contributed by atoms with Crippen LogP contribution in [0.3, 0.4) is 0 Å². The molecule has 100 valence electrons. The Labute approximate surface area is 121 Å². The van der Waals surface area contributed by atoms with Crippen molar-refractivity contribution in [3.8, 4) is 11.5 Å². The molecule has 19 heavy (non-hydrogen) atoms. The molecule has 0 spiro atoms. The van der Waals surface area contributed by atoms with E-state index < -0.39 is 5.82 Å². The van der Waals surface area contributed by atoms with Crippen LogP contribution in [0.5, 0.6) is 11.5 Å². The average Bonchev–Trinajstić information content (AvgIpc) is 2.38. The van der Waals surface area contributed by atoms with Gasteiger partial charge in [-0.3, -0.25) is 0 Å².